The van der Waals surface area contributed by atoms with Crippen LogP contribution in [0.25, 0.3) is 0 Å². The minimum atomic E-state index is -0.143. The van der Waals surface area contributed by atoms with Crippen molar-refractivity contribution in [3.63, 3.8) is 0 Å². The van der Waals surface area contributed by atoms with Crippen molar-refractivity contribution in [2.75, 3.05) is 24.7 Å². The van der Waals surface area contributed by atoms with Crippen molar-refractivity contribution in [3.05, 3.63) is 24.3 Å². The first kappa shape index (κ1) is 17.8. The van der Waals surface area contributed by atoms with Crippen LogP contribution in [0.15, 0.2) is 29.2 Å². The molecule has 1 atom stereocenters. The summed E-state index contributed by atoms with van der Waals surface area (Å²) in [5.74, 6) is -0.247. The number of hydrogen-bond acceptors (Lipinski definition) is 4. The Morgan fingerprint density at radius 2 is 2.00 bits per heavy atom. The second kappa shape index (κ2) is 9.57. The van der Waals surface area contributed by atoms with Crippen molar-refractivity contribution in [2.45, 2.75) is 43.1 Å². The number of carbonyl (C=O) groups is 2. The van der Waals surface area contributed by atoms with Gasteiger partial charge in [-0.2, -0.15) is 0 Å². The van der Waals surface area contributed by atoms with Crippen molar-refractivity contribution in [3.8, 4) is 0 Å². The minimum Gasteiger partial charge on any atom is -0.376 e. The number of thioether (sulfide) groups is 1. The Labute approximate surface area is 141 Å². The second-order valence-electron chi connectivity index (χ2n) is 5.54. The Morgan fingerprint density at radius 3 is 2.74 bits per heavy atom. The van der Waals surface area contributed by atoms with Gasteiger partial charge in [-0.3, -0.25) is 9.59 Å². The Kier molecular flexibility index (Phi) is 7.42. The molecule has 0 aliphatic carbocycles. The predicted molar refractivity (Wildman–Crippen MR) is 92.7 cm³/mol. The first-order chi connectivity index (χ1) is 11.2. The molecule has 2 rings (SSSR count). The van der Waals surface area contributed by atoms with Crippen molar-refractivity contribution in [1.82, 2.24) is 5.32 Å². The minimum absolute atomic E-state index is 0.104. The fourth-order valence-electron chi connectivity index (χ4n) is 2.47. The number of carbonyl (C=O) groups excluding carboxylic acids is 2. The Morgan fingerprint density at radius 1 is 1.22 bits per heavy atom. The van der Waals surface area contributed by atoms with Gasteiger partial charge in [0.25, 0.3) is 0 Å². The Hall–Kier alpha value is -1.53. The molecule has 5 nitrogen and oxygen atoms in total. The molecule has 1 aliphatic heterocycles. The highest BCUT2D eigenvalue weighted by atomic mass is 32.2. The van der Waals surface area contributed by atoms with E-state index in [4.69, 9.17) is 4.74 Å². The van der Waals surface area contributed by atoms with Gasteiger partial charge in [-0.1, -0.05) is 12.1 Å². The first-order valence-corrected chi connectivity index (χ1v) is 9.22. The summed E-state index contributed by atoms with van der Waals surface area (Å²) >= 11 is 1.58. The summed E-state index contributed by atoms with van der Waals surface area (Å²) < 4.78 is 5.56. The molecule has 1 saturated heterocycles. The highest BCUT2D eigenvalue weighted by molar-refractivity contribution is 7.98. The number of anilines is 1. The van der Waals surface area contributed by atoms with Gasteiger partial charge in [-0.05, 0) is 37.7 Å². The second-order valence-corrected chi connectivity index (χ2v) is 6.39. The van der Waals surface area contributed by atoms with Gasteiger partial charge in [0.15, 0.2) is 0 Å². The molecule has 126 valence electrons. The number of rotatable bonds is 7. The summed E-state index contributed by atoms with van der Waals surface area (Å²) in [7, 11) is 0. The highest BCUT2D eigenvalue weighted by Gasteiger charge is 2.15. The lowest BCUT2D eigenvalue weighted by atomic mass is 10.1. The van der Waals surface area contributed by atoms with Crippen LogP contribution in [0.2, 0.25) is 0 Å². The van der Waals surface area contributed by atoms with Crippen LogP contribution in [0.1, 0.15) is 32.1 Å². The molecule has 23 heavy (non-hydrogen) atoms. The molecule has 1 aliphatic rings. The molecule has 0 aromatic heterocycles. The van der Waals surface area contributed by atoms with Crippen LogP contribution in [0.3, 0.4) is 0 Å². The summed E-state index contributed by atoms with van der Waals surface area (Å²) in [5.41, 5.74) is 0.793. The van der Waals surface area contributed by atoms with Gasteiger partial charge < -0.3 is 15.4 Å². The smallest absolute Gasteiger partial charge is 0.224 e. The van der Waals surface area contributed by atoms with Crippen LogP contribution >= 0.6 is 11.8 Å². The van der Waals surface area contributed by atoms with Crippen molar-refractivity contribution >= 4 is 29.3 Å². The molecule has 0 bridgehead atoms. The molecular weight excluding hydrogens is 312 g/mol. The zero-order chi connectivity index (χ0) is 16.5. The predicted octanol–water partition coefficient (Wildman–Crippen LogP) is 2.81. The van der Waals surface area contributed by atoms with E-state index in [1.54, 1.807) is 11.8 Å². The van der Waals surface area contributed by atoms with Gasteiger partial charge in [-0.15, -0.1) is 11.8 Å². The molecule has 2 amide bonds. The molecular formula is C17H24N2O3S. The summed E-state index contributed by atoms with van der Waals surface area (Å²) in [6.45, 7) is 1.31. The maximum Gasteiger partial charge on any atom is 0.224 e. The normalized spacial score (nSPS) is 17.5. The van der Waals surface area contributed by atoms with Crippen molar-refractivity contribution in [2.24, 2.45) is 0 Å². The standard InChI is InChI=1S/C17H24N2O3S/c1-23-15-8-3-2-7-14(15)19-17(21)10-9-16(20)18-12-13-6-4-5-11-22-13/h2-3,7-8,13H,4-6,9-12H2,1H3,(H,18,20)(H,19,21)/t13-/m1/s1. The lowest BCUT2D eigenvalue weighted by molar-refractivity contribution is -0.125. The zero-order valence-electron chi connectivity index (χ0n) is 13.5. The number of nitrogens with one attached hydrogen (secondary N) is 2. The van der Waals surface area contributed by atoms with Gasteiger partial charge in [0.2, 0.25) is 11.8 Å². The molecule has 0 unspecified atom stereocenters. The number of hydrogen-bond donors (Lipinski definition) is 2. The van der Waals surface area contributed by atoms with Crippen LogP contribution < -0.4 is 10.6 Å². The molecule has 6 heteroatoms. The summed E-state index contributed by atoms with van der Waals surface area (Å²) in [6.07, 6.45) is 5.70. The zero-order valence-corrected chi connectivity index (χ0v) is 14.3. The third-order valence-corrected chi connectivity index (χ3v) is 4.56. The fraction of sp³-hybridized carbons (Fsp3) is 0.529. The lowest BCUT2D eigenvalue weighted by Crippen LogP contribution is -2.35. The third kappa shape index (κ3) is 6.23. The largest absolute Gasteiger partial charge is 0.376 e. The van der Waals surface area contributed by atoms with Crippen LogP contribution in [0, 0.1) is 0 Å². The number of amides is 2. The van der Waals surface area contributed by atoms with Gasteiger partial charge in [0, 0.05) is 30.9 Å². The highest BCUT2D eigenvalue weighted by Crippen LogP contribution is 2.24. The maximum atomic E-state index is 12.0. The summed E-state index contributed by atoms with van der Waals surface area (Å²) in [5, 5.41) is 5.70. The van der Waals surface area contributed by atoms with Crippen LogP contribution in [-0.2, 0) is 14.3 Å². The van der Waals surface area contributed by atoms with E-state index in [0.29, 0.717) is 6.54 Å². The molecule has 1 heterocycles. The summed E-state index contributed by atoms with van der Waals surface area (Å²) in [6, 6.07) is 7.63. The first-order valence-electron chi connectivity index (χ1n) is 8.00. The van der Waals surface area contributed by atoms with E-state index in [1.165, 1.54) is 0 Å². The van der Waals surface area contributed by atoms with Gasteiger partial charge in [0.05, 0.1) is 11.8 Å². The van der Waals surface area contributed by atoms with E-state index in [-0.39, 0.29) is 30.8 Å². The average Bonchev–Trinajstić information content (AvgIpc) is 2.59. The SMILES string of the molecule is CSc1ccccc1NC(=O)CCC(=O)NC[C@H]1CCCCO1. The molecule has 0 radical (unpaired) electrons. The molecule has 0 spiro atoms. The summed E-state index contributed by atoms with van der Waals surface area (Å²) in [4.78, 5) is 24.8. The lowest BCUT2D eigenvalue weighted by Gasteiger charge is -2.22. The fourth-order valence-corrected chi connectivity index (χ4v) is 3.03. The van der Waals surface area contributed by atoms with Gasteiger partial charge in [0.1, 0.15) is 0 Å². The van der Waals surface area contributed by atoms with E-state index in [0.717, 1.165) is 36.5 Å². The number of benzene rings is 1. The monoisotopic (exact) mass is 336 g/mol. The number of ether oxygens (including phenoxy) is 1. The van der Waals surface area contributed by atoms with E-state index in [1.807, 2.05) is 30.5 Å². The van der Waals surface area contributed by atoms with E-state index >= 15 is 0 Å². The molecule has 1 fully saturated rings. The van der Waals surface area contributed by atoms with Gasteiger partial charge >= 0.3 is 0 Å². The van der Waals surface area contributed by atoms with Crippen LogP contribution in [-0.4, -0.2) is 37.3 Å². The van der Waals surface area contributed by atoms with Crippen molar-refractivity contribution < 1.29 is 14.3 Å². The van der Waals surface area contributed by atoms with Crippen molar-refractivity contribution in [1.29, 1.82) is 0 Å². The quantitative estimate of drug-likeness (QED) is 0.751. The van der Waals surface area contributed by atoms with Crippen LogP contribution in [0.4, 0.5) is 5.69 Å². The molecule has 0 saturated carbocycles. The molecule has 1 aromatic carbocycles. The molecule has 1 aromatic rings. The maximum absolute atomic E-state index is 12.0. The topological polar surface area (TPSA) is 67.4 Å². The van der Waals surface area contributed by atoms with Crippen LogP contribution in [0.5, 0.6) is 0 Å². The Bertz CT molecular complexity index is 530. The Balaban J connectivity index is 1.68. The van der Waals surface area contributed by atoms with E-state index < -0.39 is 0 Å². The number of para-hydroxylation sites is 1. The van der Waals surface area contributed by atoms with E-state index in [2.05, 4.69) is 10.6 Å². The third-order valence-electron chi connectivity index (χ3n) is 3.76. The van der Waals surface area contributed by atoms with E-state index in [9.17, 15) is 9.59 Å². The average molecular weight is 336 g/mol. The van der Waals surface area contributed by atoms with Gasteiger partial charge in [-0.25, -0.2) is 0 Å². The molecule has 2 N–H and O–H groups in total.